The van der Waals surface area contributed by atoms with Crippen LogP contribution in [0.4, 0.5) is 5.69 Å². The molecule has 4 nitrogen and oxygen atoms in total. The van der Waals surface area contributed by atoms with Gasteiger partial charge in [-0.1, -0.05) is 30.7 Å². The number of aryl methyl sites for hydroxylation is 1. The number of nitrogens with one attached hydrogen (secondary N) is 1. The molecular formula is C19H17ClN2O2. The standard InChI is InChI=1S/C19H17ClN2O2/c1-2-12-3-5-13(6-4-12)21-19(23)16-11-14-15(20)7-8-17-18(14)22(16)9-10-24-17/h3-8,11H,2,9-10H2,1H3,(H,21,23). The zero-order chi connectivity index (χ0) is 16.7. The second kappa shape index (κ2) is 5.87. The summed E-state index contributed by atoms with van der Waals surface area (Å²) in [6, 6.07) is 13.4. The molecule has 1 N–H and O–H groups in total. The molecule has 3 aromatic rings. The van der Waals surface area contributed by atoms with Crippen molar-refractivity contribution < 1.29 is 9.53 Å². The molecule has 0 fully saturated rings. The first-order valence-corrected chi connectivity index (χ1v) is 8.40. The Morgan fingerprint density at radius 1 is 1.25 bits per heavy atom. The van der Waals surface area contributed by atoms with Crippen molar-refractivity contribution in [2.24, 2.45) is 0 Å². The number of rotatable bonds is 3. The van der Waals surface area contributed by atoms with Crippen molar-refractivity contribution in [2.45, 2.75) is 19.9 Å². The van der Waals surface area contributed by atoms with E-state index in [2.05, 4.69) is 12.2 Å². The van der Waals surface area contributed by atoms with E-state index in [1.54, 1.807) is 6.07 Å². The van der Waals surface area contributed by atoms with Gasteiger partial charge in [0.1, 0.15) is 18.1 Å². The zero-order valence-corrected chi connectivity index (χ0v) is 14.1. The number of nitrogens with zero attached hydrogens (tertiary/aromatic N) is 1. The van der Waals surface area contributed by atoms with Gasteiger partial charge in [0, 0.05) is 11.1 Å². The molecule has 0 unspecified atom stereocenters. The van der Waals surface area contributed by atoms with Crippen molar-refractivity contribution in [3.05, 3.63) is 58.7 Å². The van der Waals surface area contributed by atoms with Gasteiger partial charge >= 0.3 is 0 Å². The summed E-state index contributed by atoms with van der Waals surface area (Å²) in [5, 5.41) is 4.44. The van der Waals surface area contributed by atoms with E-state index in [0.717, 1.165) is 28.8 Å². The SMILES string of the molecule is CCc1ccc(NC(=O)c2cc3c(Cl)ccc4c3n2CCO4)cc1. The van der Waals surface area contributed by atoms with Gasteiger partial charge in [0.15, 0.2) is 0 Å². The topological polar surface area (TPSA) is 43.3 Å². The summed E-state index contributed by atoms with van der Waals surface area (Å²) in [5.41, 5.74) is 3.51. The van der Waals surface area contributed by atoms with E-state index in [1.807, 2.05) is 41.0 Å². The molecule has 0 saturated heterocycles. The van der Waals surface area contributed by atoms with Crippen molar-refractivity contribution in [1.82, 2.24) is 4.57 Å². The summed E-state index contributed by atoms with van der Waals surface area (Å²) in [6.45, 7) is 3.28. The highest BCUT2D eigenvalue weighted by Crippen LogP contribution is 2.36. The third kappa shape index (κ3) is 2.43. The molecule has 0 bridgehead atoms. The van der Waals surface area contributed by atoms with Crippen molar-refractivity contribution >= 4 is 34.1 Å². The van der Waals surface area contributed by atoms with Gasteiger partial charge in [-0.05, 0) is 42.3 Å². The number of benzene rings is 2. The number of amides is 1. The van der Waals surface area contributed by atoms with Crippen LogP contribution >= 0.6 is 11.6 Å². The molecule has 4 rings (SSSR count). The Bertz CT molecular complexity index is 929. The third-order valence-corrected chi connectivity index (χ3v) is 4.72. The van der Waals surface area contributed by atoms with E-state index in [9.17, 15) is 4.79 Å². The smallest absolute Gasteiger partial charge is 0.272 e. The third-order valence-electron chi connectivity index (χ3n) is 4.39. The highest BCUT2D eigenvalue weighted by Gasteiger charge is 2.22. The fraction of sp³-hybridized carbons (Fsp3) is 0.211. The Labute approximate surface area is 145 Å². The Balaban J connectivity index is 1.72. The molecule has 0 aliphatic carbocycles. The summed E-state index contributed by atoms with van der Waals surface area (Å²) in [4.78, 5) is 12.7. The second-order valence-electron chi connectivity index (χ2n) is 5.84. The number of carbonyl (C=O) groups is 1. The van der Waals surface area contributed by atoms with Gasteiger partial charge in [-0.25, -0.2) is 0 Å². The van der Waals surface area contributed by atoms with E-state index in [1.165, 1.54) is 5.56 Å². The first-order chi connectivity index (χ1) is 11.7. The minimum Gasteiger partial charge on any atom is -0.490 e. The maximum atomic E-state index is 12.7. The fourth-order valence-corrected chi connectivity index (χ4v) is 3.32. The van der Waals surface area contributed by atoms with Crippen molar-refractivity contribution in [1.29, 1.82) is 0 Å². The van der Waals surface area contributed by atoms with Gasteiger partial charge in [-0.15, -0.1) is 0 Å². The number of hydrogen-bond donors (Lipinski definition) is 1. The van der Waals surface area contributed by atoms with Crippen LogP contribution in [-0.2, 0) is 13.0 Å². The molecule has 0 spiro atoms. The van der Waals surface area contributed by atoms with Gasteiger partial charge in [-0.2, -0.15) is 0 Å². The largest absolute Gasteiger partial charge is 0.490 e. The van der Waals surface area contributed by atoms with Crippen LogP contribution in [-0.4, -0.2) is 17.1 Å². The molecule has 0 radical (unpaired) electrons. The van der Waals surface area contributed by atoms with Crippen LogP contribution in [0.25, 0.3) is 10.9 Å². The molecule has 5 heteroatoms. The first-order valence-electron chi connectivity index (χ1n) is 8.02. The van der Waals surface area contributed by atoms with E-state index in [4.69, 9.17) is 16.3 Å². The molecule has 122 valence electrons. The van der Waals surface area contributed by atoms with Crippen LogP contribution in [0.15, 0.2) is 42.5 Å². The Morgan fingerprint density at radius 2 is 2.04 bits per heavy atom. The fourth-order valence-electron chi connectivity index (χ4n) is 3.12. The highest BCUT2D eigenvalue weighted by atomic mass is 35.5. The number of halogens is 1. The lowest BCUT2D eigenvalue weighted by atomic mass is 10.1. The molecular weight excluding hydrogens is 324 g/mol. The maximum absolute atomic E-state index is 12.7. The van der Waals surface area contributed by atoms with E-state index < -0.39 is 0 Å². The number of hydrogen-bond acceptors (Lipinski definition) is 2. The lowest BCUT2D eigenvalue weighted by molar-refractivity contribution is 0.101. The Morgan fingerprint density at radius 3 is 2.79 bits per heavy atom. The van der Waals surface area contributed by atoms with Gasteiger partial charge in [0.2, 0.25) is 0 Å². The van der Waals surface area contributed by atoms with Crippen LogP contribution in [0.2, 0.25) is 5.02 Å². The molecule has 0 saturated carbocycles. The van der Waals surface area contributed by atoms with Crippen LogP contribution < -0.4 is 10.1 Å². The van der Waals surface area contributed by atoms with E-state index in [-0.39, 0.29) is 5.91 Å². The van der Waals surface area contributed by atoms with Crippen molar-refractivity contribution in [3.8, 4) is 5.75 Å². The van der Waals surface area contributed by atoms with E-state index >= 15 is 0 Å². The first kappa shape index (κ1) is 15.1. The molecule has 1 aliphatic heterocycles. The summed E-state index contributed by atoms with van der Waals surface area (Å²) >= 11 is 6.29. The predicted octanol–water partition coefficient (Wildman–Crippen LogP) is 4.50. The number of anilines is 1. The quantitative estimate of drug-likeness (QED) is 0.762. The second-order valence-corrected chi connectivity index (χ2v) is 6.25. The Kier molecular flexibility index (Phi) is 3.69. The minimum atomic E-state index is -0.139. The van der Waals surface area contributed by atoms with Gasteiger partial charge in [0.25, 0.3) is 5.91 Å². The molecule has 1 aliphatic rings. The Hall–Kier alpha value is -2.46. The summed E-state index contributed by atoms with van der Waals surface area (Å²) < 4.78 is 7.66. The van der Waals surface area contributed by atoms with Crippen LogP contribution in [0.1, 0.15) is 23.0 Å². The molecule has 0 atom stereocenters. The average Bonchev–Trinajstić information content (AvgIpc) is 3.01. The van der Waals surface area contributed by atoms with Crippen molar-refractivity contribution in [3.63, 3.8) is 0 Å². The normalized spacial score (nSPS) is 12.9. The predicted molar refractivity (Wildman–Crippen MR) is 96.2 cm³/mol. The minimum absolute atomic E-state index is 0.139. The van der Waals surface area contributed by atoms with Crippen LogP contribution in [0.5, 0.6) is 5.75 Å². The van der Waals surface area contributed by atoms with Gasteiger partial charge in [-0.3, -0.25) is 4.79 Å². The molecule has 2 aromatic carbocycles. The summed E-state index contributed by atoms with van der Waals surface area (Å²) in [6.07, 6.45) is 0.976. The number of ether oxygens (including phenoxy) is 1. The molecule has 1 amide bonds. The molecule has 1 aromatic heterocycles. The van der Waals surface area contributed by atoms with Gasteiger partial charge < -0.3 is 14.6 Å². The molecule has 24 heavy (non-hydrogen) atoms. The van der Waals surface area contributed by atoms with E-state index in [0.29, 0.717) is 23.9 Å². The van der Waals surface area contributed by atoms with Crippen LogP contribution in [0.3, 0.4) is 0 Å². The summed E-state index contributed by atoms with van der Waals surface area (Å²) in [5.74, 6) is 0.631. The molecule has 2 heterocycles. The van der Waals surface area contributed by atoms with Gasteiger partial charge in [0.05, 0.1) is 17.1 Å². The van der Waals surface area contributed by atoms with Crippen LogP contribution in [0, 0.1) is 0 Å². The maximum Gasteiger partial charge on any atom is 0.272 e. The monoisotopic (exact) mass is 340 g/mol. The number of aromatic nitrogens is 1. The lowest BCUT2D eigenvalue weighted by Gasteiger charge is -2.19. The average molecular weight is 341 g/mol. The zero-order valence-electron chi connectivity index (χ0n) is 13.3. The number of carbonyl (C=O) groups excluding carboxylic acids is 1. The highest BCUT2D eigenvalue weighted by molar-refractivity contribution is 6.36. The lowest BCUT2D eigenvalue weighted by Crippen LogP contribution is -2.21. The van der Waals surface area contributed by atoms with Crippen molar-refractivity contribution in [2.75, 3.05) is 11.9 Å². The summed E-state index contributed by atoms with van der Waals surface area (Å²) in [7, 11) is 0.